The Morgan fingerprint density at radius 1 is 0.700 bits per heavy atom. The van der Waals surface area contributed by atoms with Crippen LogP contribution in [-0.2, 0) is 20.0 Å². The molecule has 0 fully saturated rings. The number of anilines is 2. The van der Waals surface area contributed by atoms with Crippen molar-refractivity contribution in [1.29, 1.82) is 0 Å². The van der Waals surface area contributed by atoms with Gasteiger partial charge < -0.3 is 14.2 Å². The predicted octanol–water partition coefficient (Wildman–Crippen LogP) is 6.46. The van der Waals surface area contributed by atoms with E-state index in [9.17, 15) is 25.6 Å². The van der Waals surface area contributed by atoms with E-state index in [2.05, 4.69) is 9.44 Å². The van der Waals surface area contributed by atoms with Crippen LogP contribution in [0.3, 0.4) is 0 Å². The third-order valence-electron chi connectivity index (χ3n) is 4.97. The van der Waals surface area contributed by atoms with Crippen LogP contribution in [-0.4, -0.2) is 36.2 Å². The van der Waals surface area contributed by atoms with E-state index in [0.717, 1.165) is 37.4 Å². The summed E-state index contributed by atoms with van der Waals surface area (Å²) in [6, 6.07) is 7.13. The zero-order chi connectivity index (χ0) is 30.0. The number of halogens is 4. The molecule has 0 unspecified atom stereocenters. The smallest absolute Gasteiger partial charge is 0.265 e. The summed E-state index contributed by atoms with van der Waals surface area (Å²) in [4.78, 5) is -1.23. The van der Waals surface area contributed by atoms with E-state index in [-0.39, 0.29) is 27.3 Å². The molecule has 0 aliphatic rings. The van der Waals surface area contributed by atoms with Gasteiger partial charge in [0.1, 0.15) is 33.5 Å². The monoisotopic (exact) mass is 638 g/mol. The molecule has 9 nitrogen and oxygen atoms in total. The van der Waals surface area contributed by atoms with Gasteiger partial charge in [-0.3, -0.25) is 9.44 Å². The Hall–Kier alpha value is -3.00. The van der Waals surface area contributed by atoms with Gasteiger partial charge in [-0.25, -0.2) is 25.6 Å². The van der Waals surface area contributed by atoms with Gasteiger partial charge in [0.25, 0.3) is 20.0 Å². The van der Waals surface area contributed by atoms with Crippen molar-refractivity contribution in [3.05, 3.63) is 64.1 Å². The molecule has 3 rings (SSSR count). The predicted molar refractivity (Wildman–Crippen MR) is 149 cm³/mol. The minimum atomic E-state index is -4.69. The summed E-state index contributed by atoms with van der Waals surface area (Å²) in [5, 5.41) is -0.0710. The first-order chi connectivity index (χ1) is 18.5. The topological polar surface area (TPSA) is 120 Å². The molecule has 0 aromatic heterocycles. The average Bonchev–Trinajstić information content (AvgIpc) is 2.82. The highest BCUT2D eigenvalue weighted by atomic mass is 35.5. The lowest BCUT2D eigenvalue weighted by atomic mass is 10.3. The van der Waals surface area contributed by atoms with Crippen LogP contribution in [0, 0.1) is 11.6 Å². The van der Waals surface area contributed by atoms with E-state index >= 15 is 0 Å². The molecule has 3 aromatic rings. The highest BCUT2D eigenvalue weighted by molar-refractivity contribution is 7.93. The summed E-state index contributed by atoms with van der Waals surface area (Å²) in [7, 11) is -8.13. The maximum absolute atomic E-state index is 14.8. The second-order valence-electron chi connectivity index (χ2n) is 8.88. The van der Waals surface area contributed by atoms with Crippen molar-refractivity contribution in [1.82, 2.24) is 0 Å². The van der Waals surface area contributed by atoms with Crippen molar-refractivity contribution in [3.63, 3.8) is 0 Å². The Kier molecular flexibility index (Phi) is 9.66. The molecule has 0 aliphatic heterocycles. The normalized spacial score (nSPS) is 12.0. The van der Waals surface area contributed by atoms with Gasteiger partial charge in [-0.1, -0.05) is 23.2 Å². The SMILES string of the molecule is COc1ccc(S(=O)(=O)Nc2c(F)cc(Cl)cc2OC(C)C)cc1S(=O)(=O)Nc1c(F)cc(Cl)cc1OC(C)C. The summed E-state index contributed by atoms with van der Waals surface area (Å²) in [6.45, 7) is 6.57. The first-order valence-corrected chi connectivity index (χ1v) is 15.3. The number of rotatable bonds is 11. The summed E-state index contributed by atoms with van der Waals surface area (Å²) < 4.78 is 103. The Bertz CT molecular complexity index is 1630. The maximum atomic E-state index is 14.8. The summed E-state index contributed by atoms with van der Waals surface area (Å²) >= 11 is 11.8. The molecule has 0 saturated heterocycles. The minimum Gasteiger partial charge on any atom is -0.495 e. The van der Waals surface area contributed by atoms with Crippen LogP contribution in [0.4, 0.5) is 20.2 Å². The lowest BCUT2D eigenvalue weighted by molar-refractivity contribution is 0.242. The van der Waals surface area contributed by atoms with Crippen LogP contribution < -0.4 is 23.7 Å². The van der Waals surface area contributed by atoms with E-state index in [1.807, 2.05) is 0 Å². The third kappa shape index (κ3) is 7.39. The van der Waals surface area contributed by atoms with E-state index in [0.29, 0.717) is 0 Å². The Labute approximate surface area is 241 Å². The van der Waals surface area contributed by atoms with E-state index in [1.54, 1.807) is 27.7 Å². The van der Waals surface area contributed by atoms with Crippen molar-refractivity contribution >= 4 is 54.6 Å². The molecule has 0 atom stereocenters. The average molecular weight is 640 g/mol. The molecule has 3 aromatic carbocycles. The quantitative estimate of drug-likeness (QED) is 0.247. The molecule has 218 valence electrons. The fraction of sp³-hybridized carbons (Fsp3) is 0.280. The molecule has 0 amide bonds. The van der Waals surface area contributed by atoms with Gasteiger partial charge in [0.05, 0.1) is 24.2 Å². The molecule has 0 bridgehead atoms. The number of nitrogens with one attached hydrogen (secondary N) is 2. The van der Waals surface area contributed by atoms with Crippen LogP contribution in [0.5, 0.6) is 17.2 Å². The second kappa shape index (κ2) is 12.2. The van der Waals surface area contributed by atoms with Crippen LogP contribution >= 0.6 is 23.2 Å². The van der Waals surface area contributed by atoms with Crippen molar-refractivity contribution in [3.8, 4) is 17.2 Å². The minimum absolute atomic E-state index is 0.0322. The van der Waals surface area contributed by atoms with Crippen molar-refractivity contribution < 1.29 is 39.8 Å². The summed E-state index contributed by atoms with van der Waals surface area (Å²) in [6.07, 6.45) is -0.921. The standard InChI is InChI=1S/C25H26Cl2F2N2O7S2/c1-13(2)37-21-10-15(26)8-18(28)24(21)30-39(32,33)17-6-7-20(36-5)23(12-17)40(34,35)31-25-19(29)9-16(27)11-22(25)38-14(3)4/h6-14,30-31H,1-5H3. The van der Waals surface area contributed by atoms with Gasteiger partial charge in [-0.05, 0) is 58.0 Å². The molecule has 15 heteroatoms. The number of ether oxygens (including phenoxy) is 3. The second-order valence-corrected chi connectivity index (χ2v) is 13.1. The van der Waals surface area contributed by atoms with Gasteiger partial charge in [0.15, 0.2) is 11.6 Å². The molecule has 2 N–H and O–H groups in total. The zero-order valence-corrected chi connectivity index (χ0v) is 25.0. The Balaban J connectivity index is 2.09. The van der Waals surface area contributed by atoms with Crippen LogP contribution in [0.1, 0.15) is 27.7 Å². The van der Waals surface area contributed by atoms with Crippen LogP contribution in [0.25, 0.3) is 0 Å². The van der Waals surface area contributed by atoms with Gasteiger partial charge in [-0.15, -0.1) is 0 Å². The number of hydrogen-bond acceptors (Lipinski definition) is 7. The molecular formula is C25H26Cl2F2N2O7S2. The first kappa shape index (κ1) is 31.5. The molecular weight excluding hydrogens is 613 g/mol. The third-order valence-corrected chi connectivity index (χ3v) is 8.13. The van der Waals surface area contributed by atoms with Gasteiger partial charge in [-0.2, -0.15) is 0 Å². The number of benzene rings is 3. The summed E-state index contributed by atoms with van der Waals surface area (Å²) in [5.74, 6) is -2.68. The van der Waals surface area contributed by atoms with E-state index in [1.165, 1.54) is 12.1 Å². The molecule has 0 radical (unpaired) electrons. The van der Waals surface area contributed by atoms with E-state index in [4.69, 9.17) is 37.4 Å². The van der Waals surface area contributed by atoms with Gasteiger partial charge in [0, 0.05) is 22.2 Å². The number of methoxy groups -OCH3 is 1. The van der Waals surface area contributed by atoms with Crippen molar-refractivity contribution in [2.24, 2.45) is 0 Å². The van der Waals surface area contributed by atoms with Gasteiger partial charge in [0.2, 0.25) is 0 Å². The van der Waals surface area contributed by atoms with Crippen LogP contribution in [0.2, 0.25) is 10.0 Å². The number of sulfonamides is 2. The van der Waals surface area contributed by atoms with Gasteiger partial charge >= 0.3 is 0 Å². The first-order valence-electron chi connectivity index (χ1n) is 11.6. The lowest BCUT2D eigenvalue weighted by Gasteiger charge is -2.19. The highest BCUT2D eigenvalue weighted by Gasteiger charge is 2.28. The van der Waals surface area contributed by atoms with Crippen molar-refractivity contribution in [2.45, 2.75) is 49.7 Å². The Morgan fingerprint density at radius 2 is 1.15 bits per heavy atom. The summed E-state index contributed by atoms with van der Waals surface area (Å²) in [5.41, 5.74) is -1.08. The maximum Gasteiger partial charge on any atom is 0.265 e. The highest BCUT2D eigenvalue weighted by Crippen LogP contribution is 2.37. The largest absolute Gasteiger partial charge is 0.495 e. The molecule has 40 heavy (non-hydrogen) atoms. The number of hydrogen-bond donors (Lipinski definition) is 2. The molecule has 0 heterocycles. The Morgan fingerprint density at radius 3 is 1.57 bits per heavy atom. The fourth-order valence-corrected chi connectivity index (χ4v) is 6.25. The van der Waals surface area contributed by atoms with Crippen LogP contribution in [0.15, 0.2) is 52.3 Å². The van der Waals surface area contributed by atoms with E-state index < -0.39 is 65.1 Å². The fourth-order valence-electron chi connectivity index (χ4n) is 3.41. The van der Waals surface area contributed by atoms with Crippen molar-refractivity contribution in [2.75, 3.05) is 16.6 Å². The molecule has 0 spiro atoms. The lowest BCUT2D eigenvalue weighted by Crippen LogP contribution is -2.19. The molecule has 0 aliphatic carbocycles. The molecule has 0 saturated carbocycles. The zero-order valence-electron chi connectivity index (χ0n) is 21.9.